The second-order valence-electron chi connectivity index (χ2n) is 7.67. The highest BCUT2D eigenvalue weighted by Gasteiger charge is 2.27. The predicted octanol–water partition coefficient (Wildman–Crippen LogP) is 2.90. The predicted molar refractivity (Wildman–Crippen MR) is 112 cm³/mol. The lowest BCUT2D eigenvalue weighted by molar-refractivity contribution is 0.0930. The zero-order valence-electron chi connectivity index (χ0n) is 16.5. The van der Waals surface area contributed by atoms with Gasteiger partial charge in [0.1, 0.15) is 0 Å². The van der Waals surface area contributed by atoms with Crippen LogP contribution in [0.4, 0.5) is 5.82 Å². The molecule has 5 rings (SSSR count). The van der Waals surface area contributed by atoms with Gasteiger partial charge >= 0.3 is 0 Å². The van der Waals surface area contributed by atoms with Crippen LogP contribution in [0, 0.1) is 13.8 Å². The van der Waals surface area contributed by atoms with Crippen LogP contribution in [0.3, 0.4) is 0 Å². The number of benzene rings is 1. The lowest BCUT2D eigenvalue weighted by atomic mass is 10.2. The molecule has 4 aromatic rings. The number of carbonyl (C=O) groups excluding carboxylic acids is 1. The van der Waals surface area contributed by atoms with Gasteiger partial charge in [0.25, 0.3) is 5.91 Å². The van der Waals surface area contributed by atoms with Gasteiger partial charge in [0.2, 0.25) is 5.82 Å². The average Bonchev–Trinajstić information content (AvgIpc) is 3.36. The molecule has 1 N–H and O–H groups in total. The molecule has 1 atom stereocenters. The molecular formula is C22H22N6O. The number of anilines is 1. The Balaban J connectivity index is 1.32. The van der Waals surface area contributed by atoms with Crippen LogP contribution in [0.5, 0.6) is 0 Å². The van der Waals surface area contributed by atoms with Crippen molar-refractivity contribution in [2.24, 2.45) is 0 Å². The molecule has 146 valence electrons. The van der Waals surface area contributed by atoms with Crippen molar-refractivity contribution in [3.05, 3.63) is 66.0 Å². The second kappa shape index (κ2) is 6.84. The summed E-state index contributed by atoms with van der Waals surface area (Å²) in [5, 5.41) is 4.03. The molecule has 7 heteroatoms. The third-order valence-electron chi connectivity index (χ3n) is 5.38. The maximum absolute atomic E-state index is 12.7. The quantitative estimate of drug-likeness (QED) is 0.586. The zero-order chi connectivity index (χ0) is 20.0. The third-order valence-corrected chi connectivity index (χ3v) is 5.38. The van der Waals surface area contributed by atoms with E-state index in [1.54, 1.807) is 6.20 Å². The lowest BCUT2D eigenvalue weighted by Crippen LogP contribution is -2.38. The molecule has 0 saturated carbocycles. The third kappa shape index (κ3) is 3.29. The highest BCUT2D eigenvalue weighted by molar-refractivity contribution is 5.93. The smallest absolute Gasteiger partial charge is 0.289 e. The fourth-order valence-electron chi connectivity index (χ4n) is 3.97. The van der Waals surface area contributed by atoms with Crippen molar-refractivity contribution in [2.45, 2.75) is 26.3 Å². The lowest BCUT2D eigenvalue weighted by Gasteiger charge is -2.19. The fraction of sp³-hybridized carbons (Fsp3) is 0.273. The Morgan fingerprint density at radius 3 is 3.00 bits per heavy atom. The van der Waals surface area contributed by atoms with Crippen LogP contribution >= 0.6 is 0 Å². The van der Waals surface area contributed by atoms with Gasteiger partial charge in [0, 0.05) is 43.1 Å². The van der Waals surface area contributed by atoms with E-state index in [9.17, 15) is 4.79 Å². The molecule has 0 radical (unpaired) electrons. The van der Waals surface area contributed by atoms with Crippen LogP contribution < -0.4 is 10.2 Å². The number of hydrogen-bond donors (Lipinski definition) is 1. The molecule has 1 amide bonds. The van der Waals surface area contributed by atoms with E-state index in [0.717, 1.165) is 53.0 Å². The van der Waals surface area contributed by atoms with Gasteiger partial charge < -0.3 is 14.6 Å². The number of hydrogen-bond acceptors (Lipinski definition) is 5. The Kier molecular flexibility index (Phi) is 4.16. The minimum absolute atomic E-state index is 0.0390. The standard InChI is InChI=1S/C22H22N6O/c1-14-5-6-18-16(10-14)11-23-20(26-18)22(29)25-17-7-9-28(13-17)21-19-4-3-8-27(19)12-15(2)24-21/h3-6,8,10-12,17H,7,9,13H2,1-2H3,(H,25,29)/t17-/m0/s1. The summed E-state index contributed by atoms with van der Waals surface area (Å²) < 4.78 is 2.09. The van der Waals surface area contributed by atoms with Crippen LogP contribution in [0.2, 0.25) is 0 Å². The van der Waals surface area contributed by atoms with Crippen molar-refractivity contribution in [2.75, 3.05) is 18.0 Å². The number of carbonyl (C=O) groups is 1. The van der Waals surface area contributed by atoms with Crippen molar-refractivity contribution in [3.8, 4) is 0 Å². The van der Waals surface area contributed by atoms with Gasteiger partial charge in [-0.05, 0) is 44.5 Å². The molecule has 1 fully saturated rings. The van der Waals surface area contributed by atoms with Gasteiger partial charge in [0.15, 0.2) is 5.82 Å². The maximum Gasteiger partial charge on any atom is 0.289 e. The first-order valence-electron chi connectivity index (χ1n) is 9.80. The first-order valence-corrected chi connectivity index (χ1v) is 9.80. The van der Waals surface area contributed by atoms with Gasteiger partial charge in [-0.15, -0.1) is 0 Å². The number of fused-ring (bicyclic) bond motifs is 2. The van der Waals surface area contributed by atoms with E-state index in [2.05, 4.69) is 30.7 Å². The number of nitrogens with one attached hydrogen (secondary N) is 1. The summed E-state index contributed by atoms with van der Waals surface area (Å²) in [4.78, 5) is 28.4. The van der Waals surface area contributed by atoms with E-state index in [0.29, 0.717) is 0 Å². The molecule has 0 spiro atoms. The van der Waals surface area contributed by atoms with Crippen molar-refractivity contribution < 1.29 is 4.79 Å². The summed E-state index contributed by atoms with van der Waals surface area (Å²) in [6, 6.07) is 10.1. The fourth-order valence-corrected chi connectivity index (χ4v) is 3.97. The van der Waals surface area contributed by atoms with Gasteiger partial charge in [0.05, 0.1) is 16.7 Å². The molecule has 0 bridgehead atoms. The molecular weight excluding hydrogens is 364 g/mol. The first kappa shape index (κ1) is 17.6. The summed E-state index contributed by atoms with van der Waals surface area (Å²) in [5.41, 5.74) is 3.97. The van der Waals surface area contributed by atoms with Gasteiger partial charge in [-0.2, -0.15) is 0 Å². The van der Waals surface area contributed by atoms with Crippen LogP contribution in [-0.2, 0) is 0 Å². The first-order chi connectivity index (χ1) is 14.1. The van der Waals surface area contributed by atoms with Crippen LogP contribution in [0.15, 0.2) is 48.9 Å². The Labute approximate surface area is 168 Å². The Morgan fingerprint density at radius 2 is 2.10 bits per heavy atom. The van der Waals surface area contributed by atoms with Crippen LogP contribution in [0.25, 0.3) is 16.4 Å². The van der Waals surface area contributed by atoms with Crippen molar-refractivity contribution >= 4 is 28.1 Å². The summed E-state index contributed by atoms with van der Waals surface area (Å²) in [5.74, 6) is 0.941. The minimum atomic E-state index is -0.232. The number of aryl methyl sites for hydroxylation is 2. The monoisotopic (exact) mass is 386 g/mol. The van der Waals surface area contributed by atoms with E-state index in [4.69, 9.17) is 4.98 Å². The number of aromatic nitrogens is 4. The molecule has 0 aliphatic carbocycles. The zero-order valence-corrected chi connectivity index (χ0v) is 16.5. The minimum Gasteiger partial charge on any atom is -0.353 e. The highest BCUT2D eigenvalue weighted by Crippen LogP contribution is 2.24. The summed E-state index contributed by atoms with van der Waals surface area (Å²) in [6.45, 7) is 5.59. The molecule has 1 aromatic carbocycles. The number of rotatable bonds is 3. The van der Waals surface area contributed by atoms with E-state index < -0.39 is 0 Å². The van der Waals surface area contributed by atoms with Gasteiger partial charge in [-0.3, -0.25) is 4.79 Å². The topological polar surface area (TPSA) is 75.4 Å². The SMILES string of the molecule is Cc1ccc2nc(C(=O)N[C@H]3CCN(c4nc(C)cn5cccc45)C3)ncc2c1. The molecule has 1 aliphatic heterocycles. The molecule has 4 heterocycles. The summed E-state index contributed by atoms with van der Waals surface area (Å²) >= 11 is 0. The van der Waals surface area contributed by atoms with Crippen molar-refractivity contribution in [1.82, 2.24) is 24.7 Å². The largest absolute Gasteiger partial charge is 0.353 e. The average molecular weight is 386 g/mol. The number of nitrogens with zero attached hydrogens (tertiary/aromatic N) is 5. The van der Waals surface area contributed by atoms with Gasteiger partial charge in [-0.25, -0.2) is 15.0 Å². The van der Waals surface area contributed by atoms with E-state index in [1.165, 1.54) is 0 Å². The Bertz CT molecular complexity index is 1230. The summed E-state index contributed by atoms with van der Waals surface area (Å²) in [7, 11) is 0. The molecule has 1 aliphatic rings. The van der Waals surface area contributed by atoms with Crippen molar-refractivity contribution in [1.29, 1.82) is 0 Å². The summed E-state index contributed by atoms with van der Waals surface area (Å²) in [6.07, 6.45) is 6.63. The Morgan fingerprint density at radius 1 is 1.21 bits per heavy atom. The van der Waals surface area contributed by atoms with E-state index >= 15 is 0 Å². The number of amides is 1. The van der Waals surface area contributed by atoms with Crippen LogP contribution in [-0.4, -0.2) is 44.4 Å². The maximum atomic E-state index is 12.7. The normalized spacial score (nSPS) is 16.6. The Hall–Kier alpha value is -3.48. The van der Waals surface area contributed by atoms with Gasteiger partial charge in [-0.1, -0.05) is 11.6 Å². The molecule has 7 nitrogen and oxygen atoms in total. The molecule has 29 heavy (non-hydrogen) atoms. The van der Waals surface area contributed by atoms with Crippen molar-refractivity contribution in [3.63, 3.8) is 0 Å². The van der Waals surface area contributed by atoms with E-state index in [-0.39, 0.29) is 17.8 Å². The highest BCUT2D eigenvalue weighted by atomic mass is 16.2. The second-order valence-corrected chi connectivity index (χ2v) is 7.67. The van der Waals surface area contributed by atoms with E-state index in [1.807, 2.05) is 50.5 Å². The van der Waals surface area contributed by atoms with Crippen LogP contribution in [0.1, 0.15) is 28.3 Å². The molecule has 3 aromatic heterocycles. The molecule has 1 saturated heterocycles. The molecule has 0 unspecified atom stereocenters.